The highest BCUT2D eigenvalue weighted by molar-refractivity contribution is 7.87. The molecule has 0 radical (unpaired) electrons. The van der Waals surface area contributed by atoms with E-state index in [0.717, 1.165) is 5.56 Å². The predicted octanol–water partition coefficient (Wildman–Crippen LogP) is 6.53. The number of hydrogen-bond donors (Lipinski definition) is 0. The SMILES string of the molecule is Cc1ccc(OS(=O)(=O)c2ccc(Cl)cc2Cl)c(-c2nc3cc(Cl)ccc3o2)c1. The van der Waals surface area contributed by atoms with E-state index >= 15 is 0 Å². The highest BCUT2D eigenvalue weighted by atomic mass is 35.5. The van der Waals surface area contributed by atoms with Gasteiger partial charge in [-0.15, -0.1) is 0 Å². The first-order chi connectivity index (χ1) is 13.7. The van der Waals surface area contributed by atoms with Crippen molar-refractivity contribution < 1.29 is 17.0 Å². The largest absolute Gasteiger partial charge is 0.436 e. The van der Waals surface area contributed by atoms with Crippen molar-refractivity contribution in [3.63, 3.8) is 0 Å². The molecule has 4 rings (SSSR count). The average Bonchev–Trinajstić information content (AvgIpc) is 3.05. The molecular weight excluding hydrogens is 457 g/mol. The number of halogens is 3. The summed E-state index contributed by atoms with van der Waals surface area (Å²) >= 11 is 17.9. The van der Waals surface area contributed by atoms with E-state index in [2.05, 4.69) is 4.98 Å². The quantitative estimate of drug-likeness (QED) is 0.318. The third-order valence-corrected chi connectivity index (χ3v) is 6.27. The molecule has 148 valence electrons. The van der Waals surface area contributed by atoms with Crippen LogP contribution in [-0.4, -0.2) is 13.4 Å². The second-order valence-corrected chi connectivity index (χ2v) is 9.04. The van der Waals surface area contributed by atoms with E-state index in [1.807, 2.05) is 6.92 Å². The zero-order valence-electron chi connectivity index (χ0n) is 14.8. The maximum Gasteiger partial charge on any atom is 0.340 e. The maximum absolute atomic E-state index is 12.8. The second kappa shape index (κ2) is 7.54. The molecule has 0 aliphatic carbocycles. The Balaban J connectivity index is 1.80. The minimum Gasteiger partial charge on any atom is -0.436 e. The Kier molecular flexibility index (Phi) is 5.21. The van der Waals surface area contributed by atoms with Gasteiger partial charge in [-0.1, -0.05) is 46.4 Å². The summed E-state index contributed by atoms with van der Waals surface area (Å²) in [4.78, 5) is 4.21. The molecule has 0 saturated heterocycles. The number of oxazole rings is 1. The molecule has 9 heteroatoms. The molecule has 1 heterocycles. The topological polar surface area (TPSA) is 69.4 Å². The first-order valence-corrected chi connectivity index (χ1v) is 10.8. The van der Waals surface area contributed by atoms with E-state index in [9.17, 15) is 8.42 Å². The molecule has 5 nitrogen and oxygen atoms in total. The smallest absolute Gasteiger partial charge is 0.340 e. The molecule has 0 amide bonds. The van der Waals surface area contributed by atoms with Crippen LogP contribution in [-0.2, 0) is 10.1 Å². The van der Waals surface area contributed by atoms with Crippen molar-refractivity contribution in [1.29, 1.82) is 0 Å². The first-order valence-electron chi connectivity index (χ1n) is 8.29. The molecule has 0 saturated carbocycles. The molecule has 0 bridgehead atoms. The van der Waals surface area contributed by atoms with Crippen LogP contribution < -0.4 is 4.18 Å². The number of aromatic nitrogens is 1. The Morgan fingerprint density at radius 1 is 0.931 bits per heavy atom. The summed E-state index contributed by atoms with van der Waals surface area (Å²) in [5.41, 5.74) is 2.31. The standard InChI is InChI=1S/C20H12Cl3NO4S/c1-11-2-5-17(28-29(25,26)19-7-4-12(21)9-15(19)23)14(8-11)20-24-16-10-13(22)3-6-18(16)27-20/h2-10H,1H3. The summed E-state index contributed by atoms with van der Waals surface area (Å²) in [7, 11) is -4.22. The minimum atomic E-state index is -4.22. The van der Waals surface area contributed by atoms with Gasteiger partial charge in [-0.3, -0.25) is 0 Å². The number of nitrogens with zero attached hydrogens (tertiary/aromatic N) is 1. The maximum atomic E-state index is 12.8. The average molecular weight is 469 g/mol. The van der Waals surface area contributed by atoms with Gasteiger partial charge in [-0.2, -0.15) is 8.42 Å². The molecular formula is C20H12Cl3NO4S. The lowest BCUT2D eigenvalue weighted by atomic mass is 10.1. The van der Waals surface area contributed by atoms with Crippen LogP contribution in [0, 0.1) is 6.92 Å². The van der Waals surface area contributed by atoms with Crippen LogP contribution >= 0.6 is 34.8 Å². The Morgan fingerprint density at radius 2 is 1.66 bits per heavy atom. The molecule has 29 heavy (non-hydrogen) atoms. The highest BCUT2D eigenvalue weighted by Gasteiger charge is 2.24. The Morgan fingerprint density at radius 3 is 2.41 bits per heavy atom. The van der Waals surface area contributed by atoms with E-state index < -0.39 is 10.1 Å². The van der Waals surface area contributed by atoms with Crippen LogP contribution in [0.4, 0.5) is 0 Å². The third-order valence-electron chi connectivity index (χ3n) is 4.08. The lowest BCUT2D eigenvalue weighted by Crippen LogP contribution is -2.11. The van der Waals surface area contributed by atoms with Gasteiger partial charge in [0, 0.05) is 10.0 Å². The fourth-order valence-corrected chi connectivity index (χ4v) is 4.60. The van der Waals surface area contributed by atoms with Gasteiger partial charge in [-0.05, 0) is 55.5 Å². The van der Waals surface area contributed by atoms with Crippen LogP contribution in [0.2, 0.25) is 15.1 Å². The van der Waals surface area contributed by atoms with E-state index in [1.54, 1.807) is 30.3 Å². The predicted molar refractivity (Wildman–Crippen MR) is 113 cm³/mol. The summed E-state index contributed by atoms with van der Waals surface area (Å²) in [6.07, 6.45) is 0. The monoisotopic (exact) mass is 467 g/mol. The van der Waals surface area contributed by atoms with Gasteiger partial charge in [0.15, 0.2) is 11.3 Å². The van der Waals surface area contributed by atoms with Crippen molar-refractivity contribution in [2.75, 3.05) is 0 Å². The van der Waals surface area contributed by atoms with Crippen LogP contribution in [0.1, 0.15) is 5.56 Å². The van der Waals surface area contributed by atoms with Crippen molar-refractivity contribution in [1.82, 2.24) is 4.98 Å². The summed E-state index contributed by atoms with van der Waals surface area (Å²) in [6.45, 7) is 1.86. The van der Waals surface area contributed by atoms with Gasteiger partial charge in [0.2, 0.25) is 5.89 Å². The Hall–Kier alpha value is -2.25. The molecule has 1 aromatic heterocycles. The molecule has 0 aliphatic heterocycles. The third kappa shape index (κ3) is 4.07. The summed E-state index contributed by atoms with van der Waals surface area (Å²) < 4.78 is 36.8. The van der Waals surface area contributed by atoms with Gasteiger partial charge in [-0.25, -0.2) is 4.98 Å². The number of benzene rings is 3. The summed E-state index contributed by atoms with van der Waals surface area (Å²) in [5, 5.41) is 0.788. The lowest BCUT2D eigenvalue weighted by Gasteiger charge is -2.11. The first kappa shape index (κ1) is 20.0. The van der Waals surface area contributed by atoms with Gasteiger partial charge in [0.1, 0.15) is 10.4 Å². The van der Waals surface area contributed by atoms with Crippen molar-refractivity contribution in [2.24, 2.45) is 0 Å². The minimum absolute atomic E-state index is 0.0392. The van der Waals surface area contributed by atoms with Gasteiger partial charge in [0.05, 0.1) is 10.6 Å². The van der Waals surface area contributed by atoms with Crippen LogP contribution in [0.15, 0.2) is 63.9 Å². The van der Waals surface area contributed by atoms with Gasteiger partial charge < -0.3 is 8.60 Å². The summed E-state index contributed by atoms with van der Waals surface area (Å²) in [5.74, 6) is 0.262. The number of fused-ring (bicyclic) bond motifs is 1. The molecule has 0 fully saturated rings. The fourth-order valence-electron chi connectivity index (χ4n) is 2.74. The molecule has 0 N–H and O–H groups in total. The fraction of sp³-hybridized carbons (Fsp3) is 0.0500. The molecule has 0 aliphatic rings. The second-order valence-electron chi connectivity index (χ2n) is 6.24. The number of hydrogen-bond acceptors (Lipinski definition) is 5. The van der Waals surface area contributed by atoms with Crippen molar-refractivity contribution in [3.8, 4) is 17.2 Å². The molecule has 0 atom stereocenters. The van der Waals surface area contributed by atoms with Crippen LogP contribution in [0.5, 0.6) is 5.75 Å². The van der Waals surface area contributed by atoms with E-state index in [0.29, 0.717) is 26.7 Å². The number of rotatable bonds is 4. The van der Waals surface area contributed by atoms with E-state index in [1.165, 1.54) is 24.3 Å². The zero-order valence-corrected chi connectivity index (χ0v) is 17.9. The number of aryl methyl sites for hydroxylation is 1. The highest BCUT2D eigenvalue weighted by Crippen LogP contribution is 2.36. The molecule has 0 spiro atoms. The van der Waals surface area contributed by atoms with Crippen molar-refractivity contribution in [2.45, 2.75) is 11.8 Å². The lowest BCUT2D eigenvalue weighted by molar-refractivity contribution is 0.485. The van der Waals surface area contributed by atoms with E-state index in [4.69, 9.17) is 43.4 Å². The van der Waals surface area contributed by atoms with Crippen LogP contribution in [0.25, 0.3) is 22.6 Å². The molecule has 4 aromatic rings. The van der Waals surface area contributed by atoms with Crippen molar-refractivity contribution >= 4 is 56.0 Å². The molecule has 0 unspecified atom stereocenters. The van der Waals surface area contributed by atoms with Crippen molar-refractivity contribution in [3.05, 3.63) is 75.2 Å². The van der Waals surface area contributed by atoms with Gasteiger partial charge >= 0.3 is 10.1 Å². The van der Waals surface area contributed by atoms with Gasteiger partial charge in [0.25, 0.3) is 0 Å². The molecule has 3 aromatic carbocycles. The Bertz CT molecular complexity index is 1350. The normalized spacial score (nSPS) is 11.7. The zero-order chi connectivity index (χ0) is 20.8. The van der Waals surface area contributed by atoms with Crippen LogP contribution in [0.3, 0.4) is 0 Å². The Labute approximate surface area is 181 Å². The summed E-state index contributed by atoms with van der Waals surface area (Å²) in [6, 6.07) is 14.0. The van der Waals surface area contributed by atoms with E-state index in [-0.39, 0.29) is 21.6 Å².